The molecule has 2 unspecified atom stereocenters. The Morgan fingerprint density at radius 1 is 1.35 bits per heavy atom. The van der Waals surface area contributed by atoms with Gasteiger partial charge in [-0.2, -0.15) is 0 Å². The number of nitrogens with two attached hydrogens (primary N) is 1. The lowest BCUT2D eigenvalue weighted by Gasteiger charge is -2.15. The van der Waals surface area contributed by atoms with E-state index in [1.807, 2.05) is 31.2 Å². The van der Waals surface area contributed by atoms with Crippen LogP contribution in [-0.4, -0.2) is 24.5 Å². The molecule has 1 aromatic rings. The van der Waals surface area contributed by atoms with Crippen LogP contribution in [0.15, 0.2) is 24.3 Å². The van der Waals surface area contributed by atoms with E-state index in [1.54, 1.807) is 0 Å². The summed E-state index contributed by atoms with van der Waals surface area (Å²) in [6.45, 7) is 2.57. The maximum absolute atomic E-state index is 5.87. The third kappa shape index (κ3) is 1.40. The zero-order chi connectivity index (χ0) is 11.7. The van der Waals surface area contributed by atoms with Crippen molar-refractivity contribution in [1.29, 1.82) is 0 Å². The molecular weight excluding hydrogens is 222 g/mol. The molecule has 2 N–H and O–H groups in total. The molecule has 0 bridgehead atoms. The van der Waals surface area contributed by atoms with Gasteiger partial charge in [0.25, 0.3) is 5.79 Å². The second kappa shape index (κ2) is 2.81. The fourth-order valence-corrected chi connectivity index (χ4v) is 2.07. The van der Waals surface area contributed by atoms with Gasteiger partial charge in [-0.3, -0.25) is 9.47 Å². The first-order valence-corrected chi connectivity index (χ1v) is 5.67. The van der Waals surface area contributed by atoms with Gasteiger partial charge in [0.05, 0.1) is 6.61 Å². The van der Waals surface area contributed by atoms with Crippen LogP contribution in [0.5, 0.6) is 0 Å². The predicted octanol–water partition coefficient (Wildman–Crippen LogP) is 1.16. The van der Waals surface area contributed by atoms with E-state index in [0.29, 0.717) is 6.61 Å². The highest BCUT2D eigenvalue weighted by Gasteiger charge is 2.92. The first kappa shape index (κ1) is 9.85. The molecule has 3 fully saturated rings. The van der Waals surface area contributed by atoms with Crippen molar-refractivity contribution in [2.24, 2.45) is 0 Å². The minimum atomic E-state index is -0.814. The zero-order valence-electron chi connectivity index (χ0n) is 9.38. The average Bonchev–Trinajstić information content (AvgIpc) is 3.14. The van der Waals surface area contributed by atoms with Gasteiger partial charge in [0.15, 0.2) is 0 Å². The fraction of sp³-hybridized carbons (Fsp3) is 0.500. The molecule has 0 spiro atoms. The van der Waals surface area contributed by atoms with Gasteiger partial charge in [0, 0.05) is 5.69 Å². The fourth-order valence-electron chi connectivity index (χ4n) is 2.07. The third-order valence-electron chi connectivity index (χ3n) is 3.38. The summed E-state index contributed by atoms with van der Waals surface area (Å²) in [6, 6.07) is 7.60. The number of anilines is 1. The molecule has 90 valence electrons. The topological polar surface area (TPSA) is 72.8 Å². The molecule has 0 radical (unpaired) electrons. The van der Waals surface area contributed by atoms with E-state index in [0.717, 1.165) is 11.3 Å². The lowest BCUT2D eigenvalue weighted by Crippen LogP contribution is -2.17. The summed E-state index contributed by atoms with van der Waals surface area (Å²) in [4.78, 5) is 0. The number of hydrogen-bond acceptors (Lipinski definition) is 5. The Kier molecular flexibility index (Phi) is 1.63. The molecule has 0 amide bonds. The van der Waals surface area contributed by atoms with Crippen LogP contribution in [0.25, 0.3) is 0 Å². The molecule has 3 aliphatic rings. The highest BCUT2D eigenvalue weighted by molar-refractivity contribution is 5.40. The molecule has 0 aliphatic carbocycles. The largest absolute Gasteiger partial charge is 0.399 e. The molecule has 5 nitrogen and oxygen atoms in total. The normalized spacial score (nSPS) is 42.8. The Bertz CT molecular complexity index is 462. The third-order valence-corrected chi connectivity index (χ3v) is 3.38. The van der Waals surface area contributed by atoms with Gasteiger partial charge in [0.1, 0.15) is 12.2 Å². The Labute approximate surface area is 98.4 Å². The van der Waals surface area contributed by atoms with Crippen molar-refractivity contribution in [2.75, 3.05) is 12.3 Å². The number of ether oxygens (including phenoxy) is 4. The van der Waals surface area contributed by atoms with Crippen LogP contribution in [0.2, 0.25) is 0 Å². The zero-order valence-corrected chi connectivity index (χ0v) is 9.38. The van der Waals surface area contributed by atoms with Crippen molar-refractivity contribution >= 4 is 5.69 Å². The number of hydrogen-bond donors (Lipinski definition) is 1. The van der Waals surface area contributed by atoms with Crippen LogP contribution >= 0.6 is 0 Å². The monoisotopic (exact) mass is 235 g/mol. The maximum Gasteiger partial charge on any atom is 0.346 e. The molecular formula is C12H13NO4. The molecule has 3 aliphatic heterocycles. The number of rotatable bonds is 4. The number of fused-ring (bicyclic) bond motifs is 1. The molecule has 3 heterocycles. The van der Waals surface area contributed by atoms with E-state index in [2.05, 4.69) is 0 Å². The smallest absolute Gasteiger partial charge is 0.346 e. The van der Waals surface area contributed by atoms with Crippen LogP contribution in [0.4, 0.5) is 5.69 Å². The van der Waals surface area contributed by atoms with Crippen molar-refractivity contribution in [3.63, 3.8) is 0 Å². The van der Waals surface area contributed by atoms with Crippen LogP contribution in [-0.2, 0) is 18.9 Å². The first-order valence-electron chi connectivity index (χ1n) is 5.67. The van der Waals surface area contributed by atoms with Crippen LogP contribution in [0, 0.1) is 0 Å². The van der Waals surface area contributed by atoms with Gasteiger partial charge in [-0.05, 0) is 24.6 Å². The first-order chi connectivity index (χ1) is 8.12. The number of benzene rings is 1. The molecule has 17 heavy (non-hydrogen) atoms. The van der Waals surface area contributed by atoms with E-state index in [1.165, 1.54) is 0 Å². The van der Waals surface area contributed by atoms with Crippen molar-refractivity contribution in [1.82, 2.24) is 0 Å². The average molecular weight is 235 g/mol. The van der Waals surface area contributed by atoms with E-state index < -0.39 is 11.8 Å². The Morgan fingerprint density at radius 2 is 1.94 bits per heavy atom. The summed E-state index contributed by atoms with van der Waals surface area (Å²) in [5.74, 6) is -1.33. The van der Waals surface area contributed by atoms with E-state index in [9.17, 15) is 0 Å². The van der Waals surface area contributed by atoms with Crippen LogP contribution in [0.3, 0.4) is 0 Å². The summed E-state index contributed by atoms with van der Waals surface area (Å²) in [5, 5.41) is 0. The minimum Gasteiger partial charge on any atom is -0.399 e. The summed E-state index contributed by atoms with van der Waals surface area (Å²) in [6.07, 6.45) is -0.0643. The van der Waals surface area contributed by atoms with Gasteiger partial charge >= 0.3 is 5.97 Å². The Morgan fingerprint density at radius 3 is 2.41 bits per heavy atom. The molecule has 2 atom stereocenters. The molecule has 3 saturated heterocycles. The highest BCUT2D eigenvalue weighted by Crippen LogP contribution is 2.69. The van der Waals surface area contributed by atoms with Gasteiger partial charge in [-0.15, -0.1) is 0 Å². The molecule has 4 rings (SSSR count). The van der Waals surface area contributed by atoms with Crippen LogP contribution in [0.1, 0.15) is 18.6 Å². The molecule has 1 aromatic carbocycles. The summed E-state index contributed by atoms with van der Waals surface area (Å²) >= 11 is 0. The van der Waals surface area contributed by atoms with E-state index in [4.69, 9.17) is 24.7 Å². The highest BCUT2D eigenvalue weighted by atomic mass is 17.2. The quantitative estimate of drug-likeness (QED) is 0.626. The standard InChI is InChI=1S/C12H13NO4/c1-11-12(16-11,17-11)15-10(9-6-14-9)7-2-4-8(13)5-3-7/h2-5,9-10H,6,13H2,1H3. The van der Waals surface area contributed by atoms with Crippen molar-refractivity contribution in [3.8, 4) is 0 Å². The van der Waals surface area contributed by atoms with E-state index in [-0.39, 0.29) is 12.2 Å². The minimum absolute atomic E-state index is 0.0886. The summed E-state index contributed by atoms with van der Waals surface area (Å²) in [5.41, 5.74) is 7.43. The maximum atomic E-state index is 5.87. The second-order valence-electron chi connectivity index (χ2n) is 4.78. The molecule has 0 saturated carbocycles. The molecule has 0 aromatic heterocycles. The van der Waals surface area contributed by atoms with Gasteiger partial charge < -0.3 is 15.2 Å². The van der Waals surface area contributed by atoms with Crippen molar-refractivity contribution in [2.45, 2.75) is 30.9 Å². The number of nitrogen functional groups attached to an aromatic ring is 1. The van der Waals surface area contributed by atoms with Gasteiger partial charge in [0.2, 0.25) is 0 Å². The van der Waals surface area contributed by atoms with Gasteiger partial charge in [-0.25, -0.2) is 0 Å². The predicted molar refractivity (Wildman–Crippen MR) is 57.7 cm³/mol. The Hall–Kier alpha value is -1.14. The summed E-state index contributed by atoms with van der Waals surface area (Å²) < 4.78 is 21.8. The van der Waals surface area contributed by atoms with Crippen molar-refractivity contribution in [3.05, 3.63) is 29.8 Å². The molecule has 5 heteroatoms. The lowest BCUT2D eigenvalue weighted by atomic mass is 10.1. The lowest BCUT2D eigenvalue weighted by molar-refractivity contribution is -0.232. The Balaban J connectivity index is 1.57. The summed E-state index contributed by atoms with van der Waals surface area (Å²) in [7, 11) is 0. The van der Waals surface area contributed by atoms with Crippen LogP contribution < -0.4 is 5.73 Å². The van der Waals surface area contributed by atoms with E-state index >= 15 is 0 Å². The second-order valence-corrected chi connectivity index (χ2v) is 4.78. The van der Waals surface area contributed by atoms with Crippen molar-refractivity contribution < 1.29 is 18.9 Å². The number of epoxide rings is 3. The van der Waals surface area contributed by atoms with Gasteiger partial charge in [-0.1, -0.05) is 12.1 Å². The SMILES string of the molecule is CC12OC1(OC(c1ccc(N)cc1)C1CO1)O2.